The van der Waals surface area contributed by atoms with Gasteiger partial charge >= 0.3 is 0 Å². The minimum atomic E-state index is -0.497. The molecule has 36 heavy (non-hydrogen) atoms. The van der Waals surface area contributed by atoms with Crippen molar-refractivity contribution in [3.8, 4) is 0 Å². The van der Waals surface area contributed by atoms with E-state index in [1.807, 2.05) is 6.92 Å². The zero-order valence-electron chi connectivity index (χ0n) is 23.7. The molecule has 4 saturated carbocycles. The fraction of sp³-hybridized carbons (Fsp3) is 0.871. The lowest BCUT2D eigenvalue weighted by molar-refractivity contribution is -0.218. The Balaban J connectivity index is 1.59. The van der Waals surface area contributed by atoms with E-state index in [0.717, 1.165) is 57.8 Å². The second-order valence-electron chi connectivity index (χ2n) is 15.3. The molecule has 0 aromatic carbocycles. The summed E-state index contributed by atoms with van der Waals surface area (Å²) >= 11 is 0. The maximum absolute atomic E-state index is 14.3. The van der Waals surface area contributed by atoms with E-state index >= 15 is 0 Å². The topological polar surface area (TPSA) is 89.6 Å². The predicted octanol–water partition coefficient (Wildman–Crippen LogP) is 5.79. The van der Waals surface area contributed by atoms with Crippen LogP contribution in [0, 0.1) is 50.2 Å². The molecule has 0 aromatic rings. The fourth-order valence-electron chi connectivity index (χ4n) is 10.8. The molecule has 0 heterocycles. The number of carbonyl (C=O) groups is 2. The number of primary amides is 1. The van der Waals surface area contributed by atoms with Crippen molar-refractivity contribution in [2.75, 3.05) is 6.79 Å². The SMILES string of the molecule is CC1(C)C2CC[C@]3(C)[C@H](C(=O)C=C4[C@@H]5C[C@@](C)(C(N)=O)CC[C@]5(C)CC[C@]43C)[C@@]2(C)CC[C@H]1OCO. The third-order valence-corrected chi connectivity index (χ3v) is 13.4. The van der Waals surface area contributed by atoms with Crippen LogP contribution in [-0.2, 0) is 14.3 Å². The van der Waals surface area contributed by atoms with E-state index in [1.165, 1.54) is 5.57 Å². The molecule has 5 aliphatic rings. The number of amides is 1. The van der Waals surface area contributed by atoms with Crippen LogP contribution < -0.4 is 5.73 Å². The van der Waals surface area contributed by atoms with Crippen molar-refractivity contribution >= 4 is 11.7 Å². The van der Waals surface area contributed by atoms with Crippen molar-refractivity contribution in [2.45, 2.75) is 112 Å². The predicted molar refractivity (Wildman–Crippen MR) is 141 cm³/mol. The van der Waals surface area contributed by atoms with Crippen LogP contribution in [0.4, 0.5) is 0 Å². The van der Waals surface area contributed by atoms with Gasteiger partial charge in [-0.15, -0.1) is 0 Å². The molecule has 0 saturated heterocycles. The first kappa shape index (κ1) is 26.4. The zero-order chi connectivity index (χ0) is 26.5. The Bertz CT molecular complexity index is 1000. The summed E-state index contributed by atoms with van der Waals surface area (Å²) in [5.74, 6) is 0.714. The van der Waals surface area contributed by atoms with Gasteiger partial charge in [-0.05, 0) is 103 Å². The summed E-state index contributed by atoms with van der Waals surface area (Å²) in [4.78, 5) is 26.8. The van der Waals surface area contributed by atoms with E-state index in [0.29, 0.717) is 11.7 Å². The molecule has 5 nitrogen and oxygen atoms in total. The summed E-state index contributed by atoms with van der Waals surface area (Å²) in [5.41, 5.74) is 6.53. The highest BCUT2D eigenvalue weighted by atomic mass is 16.6. The van der Waals surface area contributed by atoms with Gasteiger partial charge in [0.05, 0.1) is 6.10 Å². The first-order valence-electron chi connectivity index (χ1n) is 14.4. The van der Waals surface area contributed by atoms with Crippen LogP contribution in [0.2, 0.25) is 0 Å². The number of aliphatic hydroxyl groups is 1. The summed E-state index contributed by atoms with van der Waals surface area (Å²) in [6, 6.07) is 0. The van der Waals surface area contributed by atoms with Gasteiger partial charge in [0.2, 0.25) is 5.91 Å². The monoisotopic (exact) mass is 499 g/mol. The highest BCUT2D eigenvalue weighted by Crippen LogP contribution is 2.75. The van der Waals surface area contributed by atoms with Crippen molar-refractivity contribution in [2.24, 2.45) is 56.0 Å². The first-order valence-corrected chi connectivity index (χ1v) is 14.4. The summed E-state index contributed by atoms with van der Waals surface area (Å²) < 4.78 is 5.82. The van der Waals surface area contributed by atoms with E-state index in [2.05, 4.69) is 47.6 Å². The van der Waals surface area contributed by atoms with Crippen molar-refractivity contribution in [1.29, 1.82) is 0 Å². The van der Waals surface area contributed by atoms with Gasteiger partial charge in [0.1, 0.15) is 6.79 Å². The third-order valence-electron chi connectivity index (χ3n) is 13.4. The van der Waals surface area contributed by atoms with Crippen LogP contribution in [0.3, 0.4) is 0 Å². The first-order chi connectivity index (χ1) is 16.6. The number of fused-ring (bicyclic) bond motifs is 7. The number of hydrogen-bond donors (Lipinski definition) is 2. The van der Waals surface area contributed by atoms with Crippen molar-refractivity contribution in [3.63, 3.8) is 0 Å². The second kappa shape index (κ2) is 7.91. The van der Waals surface area contributed by atoms with Gasteiger partial charge in [-0.3, -0.25) is 9.59 Å². The lowest BCUT2D eigenvalue weighted by Gasteiger charge is -2.70. The molecular weight excluding hydrogens is 450 g/mol. The highest BCUT2D eigenvalue weighted by molar-refractivity contribution is 5.95. The van der Waals surface area contributed by atoms with E-state index in [9.17, 15) is 14.7 Å². The van der Waals surface area contributed by atoms with E-state index in [-0.39, 0.29) is 57.7 Å². The van der Waals surface area contributed by atoms with E-state index in [4.69, 9.17) is 10.5 Å². The van der Waals surface area contributed by atoms with E-state index < -0.39 is 5.41 Å². The summed E-state index contributed by atoms with van der Waals surface area (Å²) in [6.07, 6.45) is 10.9. The second-order valence-corrected chi connectivity index (χ2v) is 15.3. The van der Waals surface area contributed by atoms with Gasteiger partial charge < -0.3 is 15.6 Å². The van der Waals surface area contributed by atoms with Crippen LogP contribution in [0.1, 0.15) is 106 Å². The van der Waals surface area contributed by atoms with Gasteiger partial charge in [0.25, 0.3) is 0 Å². The average molecular weight is 500 g/mol. The smallest absolute Gasteiger partial charge is 0.223 e. The molecule has 202 valence electrons. The standard InChI is InChI=1S/C31H49NO4/c1-26(2)22-8-11-31(7)24(29(22,5)10-9-23(26)36-18-33)21(34)16-19-20-17-28(4,25(32)35)13-12-27(20,3)14-15-30(19,31)6/h16,20,22-24,33H,8-15,17-18H2,1-7H3,(H2,32,35)/t20-,22?,23+,24+,27+,28-,29-,30+,31+/m0/s1. The Labute approximate surface area is 218 Å². The average Bonchev–Trinajstić information content (AvgIpc) is 2.78. The highest BCUT2D eigenvalue weighted by Gasteiger charge is 2.70. The molecule has 0 bridgehead atoms. The molecule has 0 aromatic heterocycles. The van der Waals surface area contributed by atoms with Gasteiger partial charge in [-0.1, -0.05) is 54.0 Å². The maximum Gasteiger partial charge on any atom is 0.223 e. The lowest BCUT2D eigenvalue weighted by atomic mass is 9.33. The summed E-state index contributed by atoms with van der Waals surface area (Å²) in [7, 11) is 0. The Morgan fingerprint density at radius 3 is 2.31 bits per heavy atom. The van der Waals surface area contributed by atoms with Crippen LogP contribution in [-0.4, -0.2) is 29.7 Å². The van der Waals surface area contributed by atoms with Crippen LogP contribution >= 0.6 is 0 Å². The quantitative estimate of drug-likeness (QED) is 0.481. The molecule has 3 N–H and O–H groups in total. The number of allylic oxidation sites excluding steroid dienone is 2. The molecule has 0 aliphatic heterocycles. The zero-order valence-corrected chi connectivity index (χ0v) is 23.7. The molecule has 0 radical (unpaired) electrons. The van der Waals surface area contributed by atoms with Crippen molar-refractivity contribution in [1.82, 2.24) is 0 Å². The molecular formula is C31H49NO4. The number of rotatable bonds is 3. The Kier molecular flexibility index (Phi) is 5.80. The molecule has 5 heteroatoms. The number of ether oxygens (including phenoxy) is 1. The largest absolute Gasteiger partial charge is 0.371 e. The minimum Gasteiger partial charge on any atom is -0.371 e. The number of hydrogen-bond acceptors (Lipinski definition) is 4. The van der Waals surface area contributed by atoms with Crippen molar-refractivity contribution in [3.05, 3.63) is 11.6 Å². The van der Waals surface area contributed by atoms with Crippen LogP contribution in [0.25, 0.3) is 0 Å². The Hall–Kier alpha value is -1.20. The summed E-state index contributed by atoms with van der Waals surface area (Å²) in [5, 5.41) is 9.52. The molecule has 1 amide bonds. The molecule has 5 aliphatic carbocycles. The van der Waals surface area contributed by atoms with Crippen LogP contribution in [0.5, 0.6) is 0 Å². The van der Waals surface area contributed by atoms with Gasteiger partial charge in [0, 0.05) is 11.3 Å². The lowest BCUT2D eigenvalue weighted by Crippen LogP contribution is -2.66. The van der Waals surface area contributed by atoms with Gasteiger partial charge in [0.15, 0.2) is 5.78 Å². The molecule has 1 unspecified atom stereocenters. The van der Waals surface area contributed by atoms with Gasteiger partial charge in [-0.2, -0.15) is 0 Å². The van der Waals surface area contributed by atoms with Gasteiger partial charge in [-0.25, -0.2) is 0 Å². The molecule has 0 spiro atoms. The Morgan fingerprint density at radius 1 is 1.00 bits per heavy atom. The summed E-state index contributed by atoms with van der Waals surface area (Å²) in [6.45, 7) is 16.0. The maximum atomic E-state index is 14.3. The normalized spacial score (nSPS) is 51.8. The minimum absolute atomic E-state index is 0.0117. The number of aliphatic hydroxyl groups excluding tert-OH is 1. The molecule has 5 rings (SSSR count). The van der Waals surface area contributed by atoms with E-state index in [1.54, 1.807) is 0 Å². The molecule has 4 fully saturated rings. The third kappa shape index (κ3) is 3.20. The Morgan fingerprint density at radius 2 is 1.67 bits per heavy atom. The number of nitrogens with two attached hydrogens (primary N) is 1. The fourth-order valence-corrected chi connectivity index (χ4v) is 10.8. The molecule has 9 atom stereocenters. The number of carbonyl (C=O) groups excluding carboxylic acids is 2. The number of ketones is 1. The van der Waals surface area contributed by atoms with Crippen molar-refractivity contribution < 1.29 is 19.4 Å². The van der Waals surface area contributed by atoms with Crippen LogP contribution in [0.15, 0.2) is 11.6 Å².